The largest absolute Gasteiger partial charge is 0.508 e. The molecule has 3 nitrogen and oxygen atoms in total. The minimum Gasteiger partial charge on any atom is -0.508 e. The van der Waals surface area contributed by atoms with Gasteiger partial charge in [-0.1, -0.05) is 22.0 Å². The molecule has 4 heteroatoms. The van der Waals surface area contributed by atoms with Gasteiger partial charge in [0.05, 0.1) is 0 Å². The van der Waals surface area contributed by atoms with Crippen molar-refractivity contribution in [3.05, 3.63) is 52.5 Å². The van der Waals surface area contributed by atoms with E-state index in [-0.39, 0.29) is 5.75 Å². The predicted octanol–water partition coefficient (Wildman–Crippen LogP) is 3.38. The van der Waals surface area contributed by atoms with E-state index >= 15 is 0 Å². The molecule has 94 valence electrons. The van der Waals surface area contributed by atoms with Crippen molar-refractivity contribution < 1.29 is 5.11 Å². The van der Waals surface area contributed by atoms with Crippen LogP contribution in [0.5, 0.6) is 5.75 Å². The minimum absolute atomic E-state index is 0.264. The molecule has 2 aromatic carbocycles. The van der Waals surface area contributed by atoms with Crippen molar-refractivity contribution in [1.29, 1.82) is 0 Å². The first-order chi connectivity index (χ1) is 8.63. The summed E-state index contributed by atoms with van der Waals surface area (Å²) in [6.07, 6.45) is 0. The molecule has 0 bridgehead atoms. The monoisotopic (exact) mass is 306 g/mol. The van der Waals surface area contributed by atoms with Crippen LogP contribution < -0.4 is 10.6 Å². The van der Waals surface area contributed by atoms with Gasteiger partial charge in [-0.15, -0.1) is 0 Å². The minimum atomic E-state index is 0.264. The van der Waals surface area contributed by atoms with Crippen molar-refractivity contribution in [2.75, 3.05) is 11.9 Å². The first kappa shape index (κ1) is 12.9. The number of hydrogen-bond acceptors (Lipinski definition) is 3. The highest BCUT2D eigenvalue weighted by atomic mass is 79.9. The summed E-state index contributed by atoms with van der Waals surface area (Å²) in [5, 5.41) is 9.31. The number of benzene rings is 2. The van der Waals surface area contributed by atoms with E-state index < -0.39 is 0 Å². The molecule has 0 heterocycles. The number of phenolic OH excluding ortho intramolecular Hbond substituents is 1. The van der Waals surface area contributed by atoms with E-state index in [1.54, 1.807) is 12.1 Å². The summed E-state index contributed by atoms with van der Waals surface area (Å²) in [6.45, 7) is 0.471. The normalized spacial score (nSPS) is 10.4. The van der Waals surface area contributed by atoms with Crippen molar-refractivity contribution in [3.63, 3.8) is 0 Å². The fourth-order valence-corrected chi connectivity index (χ4v) is 2.40. The van der Waals surface area contributed by atoms with Crippen LogP contribution in [0.2, 0.25) is 0 Å². The smallest absolute Gasteiger partial charge is 0.115 e. The highest BCUT2D eigenvalue weighted by Gasteiger charge is 2.10. The van der Waals surface area contributed by atoms with Gasteiger partial charge in [-0.2, -0.15) is 0 Å². The molecule has 0 spiro atoms. The average molecular weight is 307 g/mol. The Balaban J connectivity index is 2.42. The summed E-state index contributed by atoms with van der Waals surface area (Å²) in [6, 6.07) is 13.1. The van der Waals surface area contributed by atoms with Crippen LogP contribution >= 0.6 is 15.9 Å². The SMILES string of the molecule is CN(c1ccc(O)cc1)c1cccc(Br)c1CN. The zero-order valence-electron chi connectivity index (χ0n) is 10.1. The van der Waals surface area contributed by atoms with E-state index in [4.69, 9.17) is 5.73 Å². The van der Waals surface area contributed by atoms with Gasteiger partial charge in [-0.3, -0.25) is 0 Å². The highest BCUT2D eigenvalue weighted by molar-refractivity contribution is 9.10. The molecule has 0 unspecified atom stereocenters. The van der Waals surface area contributed by atoms with Crippen molar-refractivity contribution in [2.45, 2.75) is 6.54 Å². The van der Waals surface area contributed by atoms with Gasteiger partial charge < -0.3 is 15.7 Å². The van der Waals surface area contributed by atoms with Gasteiger partial charge in [0.1, 0.15) is 5.75 Å². The lowest BCUT2D eigenvalue weighted by Crippen LogP contribution is -2.13. The maximum atomic E-state index is 9.31. The van der Waals surface area contributed by atoms with E-state index in [9.17, 15) is 5.11 Å². The topological polar surface area (TPSA) is 49.5 Å². The molecule has 0 fully saturated rings. The van der Waals surface area contributed by atoms with E-state index in [0.717, 1.165) is 21.4 Å². The maximum absolute atomic E-state index is 9.31. The quantitative estimate of drug-likeness (QED) is 0.914. The van der Waals surface area contributed by atoms with E-state index in [1.165, 1.54) is 0 Å². The second-order valence-corrected chi connectivity index (χ2v) is 4.87. The van der Waals surface area contributed by atoms with Crippen molar-refractivity contribution in [3.8, 4) is 5.75 Å². The van der Waals surface area contributed by atoms with Crippen molar-refractivity contribution in [2.24, 2.45) is 5.73 Å². The fraction of sp³-hybridized carbons (Fsp3) is 0.143. The van der Waals surface area contributed by atoms with Gasteiger partial charge in [0.2, 0.25) is 0 Å². The molecule has 0 aliphatic rings. The Hall–Kier alpha value is -1.52. The third-order valence-corrected chi connectivity index (χ3v) is 3.64. The predicted molar refractivity (Wildman–Crippen MR) is 78.2 cm³/mol. The third-order valence-electron chi connectivity index (χ3n) is 2.90. The Labute approximate surface area is 115 Å². The van der Waals surface area contributed by atoms with Crippen LogP contribution in [0.3, 0.4) is 0 Å². The van der Waals surface area contributed by atoms with Gasteiger partial charge >= 0.3 is 0 Å². The second-order valence-electron chi connectivity index (χ2n) is 4.02. The lowest BCUT2D eigenvalue weighted by Gasteiger charge is -2.23. The molecule has 18 heavy (non-hydrogen) atoms. The summed E-state index contributed by atoms with van der Waals surface area (Å²) < 4.78 is 1.01. The van der Waals surface area contributed by atoms with Crippen LogP contribution in [-0.2, 0) is 6.54 Å². The van der Waals surface area contributed by atoms with Crippen LogP contribution in [0.4, 0.5) is 11.4 Å². The van der Waals surface area contributed by atoms with E-state index in [1.807, 2.05) is 42.3 Å². The summed E-state index contributed by atoms with van der Waals surface area (Å²) in [5.41, 5.74) is 8.91. The number of rotatable bonds is 3. The van der Waals surface area contributed by atoms with Crippen LogP contribution in [0.25, 0.3) is 0 Å². The summed E-state index contributed by atoms with van der Waals surface area (Å²) in [4.78, 5) is 2.05. The number of halogens is 1. The van der Waals surface area contributed by atoms with E-state index in [2.05, 4.69) is 15.9 Å². The van der Waals surface area contributed by atoms with E-state index in [0.29, 0.717) is 6.54 Å². The standard InChI is InChI=1S/C14H15BrN2O/c1-17(10-5-7-11(18)8-6-10)14-4-2-3-13(15)12(14)9-16/h2-8,18H,9,16H2,1H3. The molecular formula is C14H15BrN2O. The Morgan fingerprint density at radius 3 is 2.44 bits per heavy atom. The van der Waals surface area contributed by atoms with Gasteiger partial charge in [-0.25, -0.2) is 0 Å². The average Bonchev–Trinajstić information content (AvgIpc) is 2.38. The lowest BCUT2D eigenvalue weighted by molar-refractivity contribution is 0.475. The van der Waals surface area contributed by atoms with Crippen LogP contribution in [-0.4, -0.2) is 12.2 Å². The molecule has 0 aliphatic heterocycles. The molecule has 0 radical (unpaired) electrons. The van der Waals surface area contributed by atoms with Crippen molar-refractivity contribution in [1.82, 2.24) is 0 Å². The number of hydrogen-bond donors (Lipinski definition) is 2. The van der Waals surface area contributed by atoms with Gasteiger partial charge in [0, 0.05) is 35.0 Å². The molecular weight excluding hydrogens is 292 g/mol. The molecule has 0 saturated carbocycles. The van der Waals surface area contributed by atoms with Crippen LogP contribution in [0.15, 0.2) is 46.9 Å². The number of phenols is 1. The molecule has 0 amide bonds. The lowest BCUT2D eigenvalue weighted by atomic mass is 10.1. The Morgan fingerprint density at radius 1 is 1.17 bits per heavy atom. The fourth-order valence-electron chi connectivity index (χ4n) is 1.88. The Morgan fingerprint density at radius 2 is 1.83 bits per heavy atom. The van der Waals surface area contributed by atoms with Crippen molar-refractivity contribution >= 4 is 27.3 Å². The first-order valence-corrected chi connectivity index (χ1v) is 6.43. The first-order valence-electron chi connectivity index (χ1n) is 5.63. The number of anilines is 2. The molecule has 0 atom stereocenters. The zero-order chi connectivity index (χ0) is 13.1. The number of aromatic hydroxyl groups is 1. The summed E-state index contributed by atoms with van der Waals surface area (Å²) >= 11 is 3.51. The molecule has 0 aliphatic carbocycles. The zero-order valence-corrected chi connectivity index (χ0v) is 11.7. The van der Waals surface area contributed by atoms with Crippen LogP contribution in [0, 0.1) is 0 Å². The second kappa shape index (κ2) is 5.42. The van der Waals surface area contributed by atoms with Gasteiger partial charge in [0.25, 0.3) is 0 Å². The number of nitrogens with two attached hydrogens (primary N) is 1. The highest BCUT2D eigenvalue weighted by Crippen LogP contribution is 2.31. The molecule has 3 N–H and O–H groups in total. The molecule has 0 aromatic heterocycles. The molecule has 0 saturated heterocycles. The Kier molecular flexibility index (Phi) is 3.89. The molecule has 2 rings (SSSR count). The number of nitrogens with zero attached hydrogens (tertiary/aromatic N) is 1. The van der Waals surface area contributed by atoms with Gasteiger partial charge in [-0.05, 0) is 36.4 Å². The third kappa shape index (κ3) is 2.49. The summed E-state index contributed by atoms with van der Waals surface area (Å²) in [5.74, 6) is 0.264. The summed E-state index contributed by atoms with van der Waals surface area (Å²) in [7, 11) is 1.98. The maximum Gasteiger partial charge on any atom is 0.115 e. The van der Waals surface area contributed by atoms with Crippen LogP contribution in [0.1, 0.15) is 5.56 Å². The Bertz CT molecular complexity index is 540. The van der Waals surface area contributed by atoms with Gasteiger partial charge in [0.15, 0.2) is 0 Å². The molecule has 2 aromatic rings.